The van der Waals surface area contributed by atoms with E-state index in [9.17, 15) is 4.79 Å². The molecular formula is C14H21N3O. The topological polar surface area (TPSA) is 45.2 Å². The summed E-state index contributed by atoms with van der Waals surface area (Å²) < 4.78 is 0. The molecule has 0 aliphatic carbocycles. The number of hydrogen-bond donors (Lipinski definition) is 1. The Morgan fingerprint density at radius 1 is 1.56 bits per heavy atom. The number of likely N-dealkylation sites (N-methyl/N-ethyl adjacent to an activating group) is 1. The number of rotatable bonds is 4. The quantitative estimate of drug-likeness (QED) is 0.877. The van der Waals surface area contributed by atoms with Crippen molar-refractivity contribution < 1.29 is 4.79 Å². The molecule has 4 nitrogen and oxygen atoms in total. The molecule has 1 N–H and O–H groups in total. The van der Waals surface area contributed by atoms with E-state index in [-0.39, 0.29) is 11.9 Å². The van der Waals surface area contributed by atoms with E-state index in [1.807, 2.05) is 24.1 Å². The second kappa shape index (κ2) is 5.96. The standard InChI is InChI=1S/C14H21N3O/c1-3-16-13-5-4-8-17(14(13)18)10-12-9-15-7-6-11(12)2/h6-7,9,13,16H,3-5,8,10H2,1-2H3. The number of amides is 1. The van der Waals surface area contributed by atoms with Crippen molar-refractivity contribution in [3.05, 3.63) is 29.6 Å². The maximum atomic E-state index is 12.3. The number of aromatic nitrogens is 1. The predicted octanol–water partition coefficient (Wildman–Crippen LogP) is 1.49. The number of hydrogen-bond acceptors (Lipinski definition) is 3. The lowest BCUT2D eigenvalue weighted by molar-refractivity contribution is -0.136. The van der Waals surface area contributed by atoms with Crippen molar-refractivity contribution in [3.8, 4) is 0 Å². The number of piperidine rings is 1. The van der Waals surface area contributed by atoms with Crippen LogP contribution in [0.5, 0.6) is 0 Å². The molecule has 18 heavy (non-hydrogen) atoms. The summed E-state index contributed by atoms with van der Waals surface area (Å²) in [7, 11) is 0. The van der Waals surface area contributed by atoms with Gasteiger partial charge in [-0.2, -0.15) is 0 Å². The third-order valence-electron chi connectivity index (χ3n) is 3.49. The van der Waals surface area contributed by atoms with E-state index in [2.05, 4.69) is 17.2 Å². The summed E-state index contributed by atoms with van der Waals surface area (Å²) in [6.07, 6.45) is 5.68. The summed E-state index contributed by atoms with van der Waals surface area (Å²) in [6.45, 7) is 6.48. The van der Waals surface area contributed by atoms with Gasteiger partial charge in [0.25, 0.3) is 0 Å². The molecule has 2 rings (SSSR count). The molecule has 0 saturated carbocycles. The van der Waals surface area contributed by atoms with Gasteiger partial charge in [-0.25, -0.2) is 0 Å². The molecule has 1 aliphatic rings. The van der Waals surface area contributed by atoms with Gasteiger partial charge in [0.2, 0.25) is 5.91 Å². The largest absolute Gasteiger partial charge is 0.337 e. The van der Waals surface area contributed by atoms with Gasteiger partial charge in [0, 0.05) is 25.5 Å². The normalized spacial score (nSPS) is 20.2. The molecule has 1 atom stereocenters. The first-order valence-corrected chi connectivity index (χ1v) is 6.64. The predicted molar refractivity (Wildman–Crippen MR) is 71.1 cm³/mol. The van der Waals surface area contributed by atoms with Gasteiger partial charge in [0.15, 0.2) is 0 Å². The van der Waals surface area contributed by atoms with Gasteiger partial charge >= 0.3 is 0 Å². The second-order valence-electron chi connectivity index (χ2n) is 4.81. The fraction of sp³-hybridized carbons (Fsp3) is 0.571. The molecule has 98 valence electrons. The fourth-order valence-corrected chi connectivity index (χ4v) is 2.40. The highest BCUT2D eigenvalue weighted by Crippen LogP contribution is 2.16. The molecule has 1 fully saturated rings. The van der Waals surface area contributed by atoms with Crippen molar-refractivity contribution in [2.24, 2.45) is 0 Å². The highest BCUT2D eigenvalue weighted by molar-refractivity contribution is 5.82. The minimum Gasteiger partial charge on any atom is -0.337 e. The van der Waals surface area contributed by atoms with Gasteiger partial charge < -0.3 is 10.2 Å². The average molecular weight is 247 g/mol. The Morgan fingerprint density at radius 2 is 2.39 bits per heavy atom. The molecule has 0 spiro atoms. The summed E-state index contributed by atoms with van der Waals surface area (Å²) in [6, 6.07) is 1.99. The SMILES string of the molecule is CCNC1CCCN(Cc2cnccc2C)C1=O. The zero-order valence-electron chi connectivity index (χ0n) is 11.1. The van der Waals surface area contributed by atoms with Crippen LogP contribution in [0.2, 0.25) is 0 Å². The van der Waals surface area contributed by atoms with Gasteiger partial charge in [0.1, 0.15) is 0 Å². The third kappa shape index (κ3) is 2.88. The Labute approximate surface area is 108 Å². The van der Waals surface area contributed by atoms with E-state index in [0.29, 0.717) is 6.54 Å². The summed E-state index contributed by atoms with van der Waals surface area (Å²) in [5.41, 5.74) is 2.34. The van der Waals surface area contributed by atoms with Crippen LogP contribution in [0.25, 0.3) is 0 Å². The van der Waals surface area contributed by atoms with Crippen molar-refractivity contribution in [1.29, 1.82) is 0 Å². The highest BCUT2D eigenvalue weighted by Gasteiger charge is 2.27. The first-order chi connectivity index (χ1) is 8.72. The molecule has 0 radical (unpaired) electrons. The molecule has 1 amide bonds. The maximum Gasteiger partial charge on any atom is 0.240 e. The van der Waals surface area contributed by atoms with Crippen LogP contribution in [0.3, 0.4) is 0 Å². The Balaban J connectivity index is 2.05. The monoisotopic (exact) mass is 247 g/mol. The highest BCUT2D eigenvalue weighted by atomic mass is 16.2. The van der Waals surface area contributed by atoms with Gasteiger partial charge in [-0.3, -0.25) is 9.78 Å². The molecule has 1 aromatic heterocycles. The Morgan fingerprint density at radius 3 is 3.11 bits per heavy atom. The van der Waals surface area contributed by atoms with E-state index < -0.39 is 0 Å². The van der Waals surface area contributed by atoms with E-state index in [1.54, 1.807) is 6.20 Å². The van der Waals surface area contributed by atoms with E-state index >= 15 is 0 Å². The minimum absolute atomic E-state index is 0.000674. The van der Waals surface area contributed by atoms with Gasteiger partial charge in [-0.15, -0.1) is 0 Å². The summed E-state index contributed by atoms with van der Waals surface area (Å²) in [5.74, 6) is 0.228. The van der Waals surface area contributed by atoms with Crippen molar-refractivity contribution in [1.82, 2.24) is 15.2 Å². The molecule has 4 heteroatoms. The third-order valence-corrected chi connectivity index (χ3v) is 3.49. The number of aryl methyl sites for hydroxylation is 1. The van der Waals surface area contributed by atoms with Gasteiger partial charge in [0.05, 0.1) is 6.04 Å². The van der Waals surface area contributed by atoms with Crippen LogP contribution in [-0.2, 0) is 11.3 Å². The lowest BCUT2D eigenvalue weighted by Crippen LogP contribution is -2.50. The van der Waals surface area contributed by atoms with E-state index in [0.717, 1.165) is 31.5 Å². The average Bonchev–Trinajstić information content (AvgIpc) is 2.37. The van der Waals surface area contributed by atoms with Crippen molar-refractivity contribution >= 4 is 5.91 Å². The zero-order valence-corrected chi connectivity index (χ0v) is 11.1. The van der Waals surface area contributed by atoms with Gasteiger partial charge in [-0.1, -0.05) is 6.92 Å². The lowest BCUT2D eigenvalue weighted by Gasteiger charge is -2.32. The molecule has 1 aromatic rings. The van der Waals surface area contributed by atoms with Crippen LogP contribution in [-0.4, -0.2) is 34.9 Å². The Kier molecular flexibility index (Phi) is 4.31. The van der Waals surface area contributed by atoms with Crippen molar-refractivity contribution in [3.63, 3.8) is 0 Å². The number of likely N-dealkylation sites (tertiary alicyclic amines) is 1. The molecule has 1 aliphatic heterocycles. The summed E-state index contributed by atoms with van der Waals surface area (Å²) in [5, 5.41) is 3.26. The molecule has 0 bridgehead atoms. The summed E-state index contributed by atoms with van der Waals surface area (Å²) >= 11 is 0. The smallest absolute Gasteiger partial charge is 0.240 e. The number of nitrogens with one attached hydrogen (secondary N) is 1. The van der Waals surface area contributed by atoms with Crippen LogP contribution in [0.15, 0.2) is 18.5 Å². The van der Waals surface area contributed by atoms with Crippen molar-refractivity contribution in [2.75, 3.05) is 13.1 Å². The molecule has 1 saturated heterocycles. The van der Waals surface area contributed by atoms with Crippen LogP contribution in [0.1, 0.15) is 30.9 Å². The van der Waals surface area contributed by atoms with E-state index in [4.69, 9.17) is 0 Å². The Bertz CT molecular complexity index is 417. The Hall–Kier alpha value is -1.42. The second-order valence-corrected chi connectivity index (χ2v) is 4.81. The van der Waals surface area contributed by atoms with Crippen LogP contribution in [0.4, 0.5) is 0 Å². The number of pyridine rings is 1. The molecule has 0 aromatic carbocycles. The minimum atomic E-state index is 0.000674. The van der Waals surface area contributed by atoms with Gasteiger partial charge in [-0.05, 0) is 43.5 Å². The van der Waals surface area contributed by atoms with Crippen LogP contribution >= 0.6 is 0 Å². The number of nitrogens with zero attached hydrogens (tertiary/aromatic N) is 2. The lowest BCUT2D eigenvalue weighted by atomic mass is 10.0. The van der Waals surface area contributed by atoms with E-state index in [1.165, 1.54) is 5.56 Å². The fourth-order valence-electron chi connectivity index (χ4n) is 2.40. The van der Waals surface area contributed by atoms with Crippen LogP contribution in [0, 0.1) is 6.92 Å². The first kappa shape index (κ1) is 13.0. The number of carbonyl (C=O) groups excluding carboxylic acids is 1. The van der Waals surface area contributed by atoms with Crippen LogP contribution < -0.4 is 5.32 Å². The molecule has 1 unspecified atom stereocenters. The molecular weight excluding hydrogens is 226 g/mol. The maximum absolute atomic E-state index is 12.3. The first-order valence-electron chi connectivity index (χ1n) is 6.64. The molecule has 2 heterocycles. The summed E-state index contributed by atoms with van der Waals surface area (Å²) in [4.78, 5) is 18.4. The number of carbonyl (C=O) groups is 1. The zero-order chi connectivity index (χ0) is 13.0. The van der Waals surface area contributed by atoms with Crippen molar-refractivity contribution in [2.45, 2.75) is 39.3 Å².